The fourth-order valence-corrected chi connectivity index (χ4v) is 5.39. The molecule has 0 saturated carbocycles. The van der Waals surface area contributed by atoms with Crippen molar-refractivity contribution in [3.8, 4) is 5.75 Å². The average Bonchev–Trinajstić information content (AvgIpc) is 3.32. The van der Waals surface area contributed by atoms with Crippen molar-refractivity contribution in [1.29, 1.82) is 0 Å². The van der Waals surface area contributed by atoms with E-state index in [2.05, 4.69) is 47.4 Å². The van der Waals surface area contributed by atoms with Crippen molar-refractivity contribution in [2.24, 2.45) is 0 Å². The lowest BCUT2D eigenvalue weighted by molar-refractivity contribution is -0.689. The molecule has 0 bridgehead atoms. The second-order valence-corrected chi connectivity index (χ2v) is 11.4. The highest BCUT2D eigenvalue weighted by Gasteiger charge is 2.11. The summed E-state index contributed by atoms with van der Waals surface area (Å²) in [6.07, 6.45) is 18.4. The fourth-order valence-electron chi connectivity index (χ4n) is 4.72. The fraction of sp³-hybridized carbons (Fsp3) is 0.515. The van der Waals surface area contributed by atoms with Gasteiger partial charge in [-0.05, 0) is 24.6 Å². The van der Waals surface area contributed by atoms with Crippen molar-refractivity contribution in [3.63, 3.8) is 0 Å². The van der Waals surface area contributed by atoms with E-state index < -0.39 is 0 Å². The molecule has 5 heteroatoms. The largest absolute Gasteiger partial charge is 0.493 e. The third-order valence-electron chi connectivity index (χ3n) is 7.05. The van der Waals surface area contributed by atoms with Gasteiger partial charge in [0.15, 0.2) is 12.7 Å². The van der Waals surface area contributed by atoms with Crippen molar-refractivity contribution >= 4 is 22.9 Å². The molecule has 0 aliphatic heterocycles. The summed E-state index contributed by atoms with van der Waals surface area (Å²) in [6, 6.07) is 16.0. The summed E-state index contributed by atoms with van der Waals surface area (Å²) in [7, 11) is 0. The van der Waals surface area contributed by atoms with Crippen LogP contribution in [-0.2, 0) is 17.8 Å². The number of hydrogen-bond acceptors (Lipinski definition) is 3. The number of amides is 1. The van der Waals surface area contributed by atoms with Gasteiger partial charge in [0.2, 0.25) is 10.9 Å². The molecule has 0 unspecified atom stereocenters. The van der Waals surface area contributed by atoms with Crippen LogP contribution in [-0.4, -0.2) is 12.5 Å². The van der Waals surface area contributed by atoms with E-state index in [1.807, 2.05) is 36.4 Å². The minimum atomic E-state index is -0.0257. The monoisotopic (exact) mass is 535 g/mol. The van der Waals surface area contributed by atoms with Gasteiger partial charge in [0.25, 0.3) is 0 Å². The van der Waals surface area contributed by atoms with E-state index in [1.165, 1.54) is 81.2 Å². The zero-order valence-corrected chi connectivity index (χ0v) is 24.4. The van der Waals surface area contributed by atoms with E-state index in [1.54, 1.807) is 11.3 Å². The molecule has 1 heterocycles. The van der Waals surface area contributed by atoms with Crippen molar-refractivity contribution in [3.05, 3.63) is 76.2 Å². The molecule has 1 N–H and O–H groups in total. The minimum Gasteiger partial charge on any atom is -0.493 e. The highest BCUT2D eigenvalue weighted by molar-refractivity contribution is 7.09. The van der Waals surface area contributed by atoms with Gasteiger partial charge in [-0.25, -0.2) is 0 Å². The molecular weight excluding hydrogens is 488 g/mol. The van der Waals surface area contributed by atoms with Gasteiger partial charge >= 0.3 is 0 Å². The van der Waals surface area contributed by atoms with Gasteiger partial charge in [-0.2, -0.15) is 4.57 Å². The number of thiazole rings is 1. The van der Waals surface area contributed by atoms with Crippen LogP contribution in [0.25, 0.3) is 0 Å². The van der Waals surface area contributed by atoms with Crippen LogP contribution in [0.4, 0.5) is 5.69 Å². The first-order valence-corrected chi connectivity index (χ1v) is 15.6. The predicted octanol–water partition coefficient (Wildman–Crippen LogP) is 8.65. The summed E-state index contributed by atoms with van der Waals surface area (Å²) < 4.78 is 8.30. The lowest BCUT2D eigenvalue weighted by Gasteiger charge is -2.12. The molecule has 0 spiro atoms. The number of nitrogens with one attached hydrogen (secondary N) is 1. The van der Waals surface area contributed by atoms with Crippen molar-refractivity contribution < 1.29 is 14.1 Å². The van der Waals surface area contributed by atoms with Crippen molar-refractivity contribution in [2.75, 3.05) is 11.9 Å². The lowest BCUT2D eigenvalue weighted by Crippen LogP contribution is -2.34. The summed E-state index contributed by atoms with van der Waals surface area (Å²) in [4.78, 5) is 12.7. The minimum absolute atomic E-state index is 0.0257. The number of aromatic nitrogens is 1. The van der Waals surface area contributed by atoms with E-state index in [0.29, 0.717) is 13.0 Å². The van der Waals surface area contributed by atoms with Crippen LogP contribution < -0.4 is 14.6 Å². The molecule has 1 amide bonds. The third-order valence-corrected chi connectivity index (χ3v) is 7.89. The Bertz CT molecular complexity index is 1060. The average molecular weight is 536 g/mol. The van der Waals surface area contributed by atoms with Crippen LogP contribution in [0.15, 0.2) is 60.1 Å². The first kappa shape index (κ1) is 29.9. The third kappa shape index (κ3) is 11.4. The Hall–Kier alpha value is -2.66. The molecule has 0 aliphatic rings. The van der Waals surface area contributed by atoms with Gasteiger partial charge in [-0.15, -0.1) is 0 Å². The molecule has 38 heavy (non-hydrogen) atoms. The Morgan fingerprint density at radius 3 is 2.11 bits per heavy atom. The van der Waals surface area contributed by atoms with Gasteiger partial charge in [0.05, 0.1) is 18.4 Å². The first-order chi connectivity index (χ1) is 18.7. The van der Waals surface area contributed by atoms with E-state index in [4.69, 9.17) is 4.74 Å². The smallest absolute Gasteiger partial charge is 0.234 e. The van der Waals surface area contributed by atoms with E-state index >= 15 is 0 Å². The van der Waals surface area contributed by atoms with Crippen molar-refractivity contribution in [1.82, 2.24) is 0 Å². The normalized spacial score (nSPS) is 11.0. The number of para-hydroxylation sites is 1. The second kappa shape index (κ2) is 17.8. The molecule has 0 radical (unpaired) electrons. The van der Waals surface area contributed by atoms with Crippen LogP contribution in [0.1, 0.15) is 100 Å². The number of nitrogens with zero attached hydrogens (tertiary/aromatic N) is 1. The van der Waals surface area contributed by atoms with Gasteiger partial charge in [0, 0.05) is 23.7 Å². The quantitative estimate of drug-likeness (QED) is 0.123. The molecule has 4 nitrogen and oxygen atoms in total. The van der Waals surface area contributed by atoms with E-state index in [-0.39, 0.29) is 5.91 Å². The highest BCUT2D eigenvalue weighted by atomic mass is 32.1. The number of hydrogen-bond donors (Lipinski definition) is 1. The molecular formula is C33H47N2O2S+. The highest BCUT2D eigenvalue weighted by Crippen LogP contribution is 2.20. The van der Waals surface area contributed by atoms with Gasteiger partial charge < -0.3 is 10.1 Å². The standard InChI is InChI=1S/C33H46N2O2S/c1-3-4-5-6-7-8-9-10-11-12-13-16-24-37-32-18-15-14-17-30(32)26-33(36)34-31-21-19-29(20-22-31)27-35-23-25-38-28(35)2/h14-15,17-23,25H,3-13,16,24,26-27H2,1-2H3/p+1. The van der Waals surface area contributed by atoms with E-state index in [9.17, 15) is 4.79 Å². The maximum Gasteiger partial charge on any atom is 0.234 e. The lowest BCUT2D eigenvalue weighted by atomic mass is 10.1. The Balaban J connectivity index is 1.31. The molecule has 0 saturated heterocycles. The summed E-state index contributed by atoms with van der Waals surface area (Å²) >= 11 is 1.75. The zero-order chi connectivity index (χ0) is 26.8. The number of benzene rings is 2. The van der Waals surface area contributed by atoms with Gasteiger partial charge in [0.1, 0.15) is 5.75 Å². The molecule has 3 rings (SSSR count). The number of ether oxygens (including phenoxy) is 1. The molecule has 3 aromatic rings. The predicted molar refractivity (Wildman–Crippen MR) is 160 cm³/mol. The summed E-state index contributed by atoms with van der Waals surface area (Å²) in [6.45, 7) is 5.95. The van der Waals surface area contributed by atoms with Gasteiger partial charge in [-0.1, -0.05) is 119 Å². The number of rotatable bonds is 19. The number of aryl methyl sites for hydroxylation is 1. The second-order valence-electron chi connectivity index (χ2n) is 10.3. The maximum atomic E-state index is 12.7. The number of anilines is 1. The molecule has 0 fully saturated rings. The van der Waals surface area contributed by atoms with Crippen LogP contribution in [0.2, 0.25) is 0 Å². The SMILES string of the molecule is CCCCCCCCCCCCCCOc1ccccc1CC(=O)Nc1ccc(C[n+]2ccsc2C)cc1. The molecule has 1 aromatic heterocycles. The zero-order valence-electron chi connectivity index (χ0n) is 23.6. The van der Waals surface area contributed by atoms with E-state index in [0.717, 1.165) is 30.0 Å². The van der Waals surface area contributed by atoms with Crippen LogP contribution >= 0.6 is 11.3 Å². The Labute approximate surface area is 234 Å². The molecule has 0 atom stereocenters. The summed E-state index contributed by atoms with van der Waals surface area (Å²) in [5.74, 6) is 0.798. The molecule has 206 valence electrons. The molecule has 0 aliphatic carbocycles. The Kier molecular flexibility index (Phi) is 14.0. The summed E-state index contributed by atoms with van der Waals surface area (Å²) in [5, 5.41) is 6.41. The number of carbonyl (C=O) groups is 1. The first-order valence-electron chi connectivity index (χ1n) is 14.7. The van der Waals surface area contributed by atoms with Gasteiger partial charge in [-0.3, -0.25) is 4.79 Å². The van der Waals surface area contributed by atoms with Crippen molar-refractivity contribution in [2.45, 2.75) is 104 Å². The Morgan fingerprint density at radius 2 is 1.47 bits per heavy atom. The Morgan fingerprint density at radius 1 is 0.842 bits per heavy atom. The van der Waals surface area contributed by atoms with Crippen LogP contribution in [0.3, 0.4) is 0 Å². The maximum absolute atomic E-state index is 12.7. The number of unbranched alkanes of at least 4 members (excludes halogenated alkanes) is 11. The van der Waals surface area contributed by atoms with Crippen LogP contribution in [0, 0.1) is 6.92 Å². The van der Waals surface area contributed by atoms with Crippen LogP contribution in [0.5, 0.6) is 5.75 Å². The summed E-state index contributed by atoms with van der Waals surface area (Å²) in [5.41, 5.74) is 2.97. The topological polar surface area (TPSA) is 42.2 Å². The number of carbonyl (C=O) groups excluding carboxylic acids is 1. The molecule has 2 aromatic carbocycles.